The number of aromatic carboxylic acids is 1. The number of nitrogens with zero attached hydrogens (tertiary/aromatic N) is 1. The van der Waals surface area contributed by atoms with Gasteiger partial charge in [-0.15, -0.1) is 0 Å². The van der Waals surface area contributed by atoms with Crippen LogP contribution in [0.1, 0.15) is 27.0 Å². The number of hydrogen-bond donors (Lipinski definition) is 2. The van der Waals surface area contributed by atoms with Crippen LogP contribution in [-0.4, -0.2) is 37.4 Å². The minimum atomic E-state index is -0.974. The summed E-state index contributed by atoms with van der Waals surface area (Å²) in [4.78, 5) is 23.0. The maximum atomic E-state index is 12.1. The Labute approximate surface area is 191 Å². The average Bonchev–Trinajstić information content (AvgIpc) is 2.83. The lowest BCUT2D eigenvalue weighted by Crippen LogP contribution is -2.19. The second-order valence-electron chi connectivity index (χ2n) is 7.02. The van der Waals surface area contributed by atoms with Crippen molar-refractivity contribution >= 4 is 18.1 Å². The number of benzene rings is 3. The van der Waals surface area contributed by atoms with Gasteiger partial charge < -0.3 is 19.3 Å². The third-order valence-corrected chi connectivity index (χ3v) is 4.71. The lowest BCUT2D eigenvalue weighted by atomic mass is 10.1. The molecule has 3 aromatic rings. The van der Waals surface area contributed by atoms with Gasteiger partial charge in [0.2, 0.25) is 5.91 Å². The number of hydrogen-bond acceptors (Lipinski definition) is 6. The Morgan fingerprint density at radius 2 is 1.61 bits per heavy atom. The summed E-state index contributed by atoms with van der Waals surface area (Å²) in [5.74, 6) is 0.552. The van der Waals surface area contributed by atoms with Crippen LogP contribution in [0.4, 0.5) is 0 Å². The van der Waals surface area contributed by atoms with Crippen molar-refractivity contribution in [2.45, 2.75) is 13.0 Å². The smallest absolute Gasteiger partial charge is 0.335 e. The second kappa shape index (κ2) is 11.3. The number of methoxy groups -OCH3 is 2. The maximum Gasteiger partial charge on any atom is 0.335 e. The van der Waals surface area contributed by atoms with Crippen molar-refractivity contribution in [2.24, 2.45) is 5.10 Å². The molecule has 0 atom stereocenters. The van der Waals surface area contributed by atoms with Crippen molar-refractivity contribution in [1.29, 1.82) is 0 Å². The van der Waals surface area contributed by atoms with Gasteiger partial charge in [-0.2, -0.15) is 5.10 Å². The molecule has 2 N–H and O–H groups in total. The highest BCUT2D eigenvalue weighted by molar-refractivity contribution is 5.87. The quantitative estimate of drug-likeness (QED) is 0.362. The molecule has 0 aromatic heterocycles. The fourth-order valence-electron chi connectivity index (χ4n) is 2.94. The summed E-state index contributed by atoms with van der Waals surface area (Å²) in [7, 11) is 3.12. The average molecular weight is 448 g/mol. The Bertz CT molecular complexity index is 1120. The molecule has 0 bridgehead atoms. The van der Waals surface area contributed by atoms with E-state index in [0.29, 0.717) is 11.5 Å². The first-order valence-corrected chi connectivity index (χ1v) is 10.1. The largest absolute Gasteiger partial charge is 0.497 e. The van der Waals surface area contributed by atoms with E-state index in [4.69, 9.17) is 19.3 Å². The van der Waals surface area contributed by atoms with E-state index < -0.39 is 5.97 Å². The van der Waals surface area contributed by atoms with E-state index in [1.165, 1.54) is 25.5 Å². The molecule has 0 fully saturated rings. The molecule has 0 saturated carbocycles. The molecule has 0 aliphatic carbocycles. The first-order valence-electron chi connectivity index (χ1n) is 10.1. The molecule has 3 aromatic carbocycles. The summed E-state index contributed by atoms with van der Waals surface area (Å²) in [5, 5.41) is 13.0. The molecule has 0 unspecified atom stereocenters. The molecule has 0 heterocycles. The summed E-state index contributed by atoms with van der Waals surface area (Å²) >= 11 is 0. The Morgan fingerprint density at radius 3 is 2.24 bits per heavy atom. The first-order chi connectivity index (χ1) is 16.0. The molecular formula is C25H24N2O6. The van der Waals surface area contributed by atoms with Crippen LogP contribution >= 0.6 is 0 Å². The summed E-state index contributed by atoms with van der Waals surface area (Å²) in [5.41, 5.74) is 5.12. The standard InChI is InChI=1S/C25H24N2O6/c1-31-21-10-5-17(6-11-21)14-24(28)27-26-15-19-7-12-22(23(13-19)32-2)33-16-18-3-8-20(9-4-18)25(29)30/h3-13,15H,14,16H2,1-2H3,(H,27,28)(H,29,30)/b26-15-. The third kappa shape index (κ3) is 6.83. The molecule has 0 saturated heterocycles. The molecule has 0 aliphatic rings. The van der Waals surface area contributed by atoms with Gasteiger partial charge in [-0.3, -0.25) is 4.79 Å². The van der Waals surface area contributed by atoms with Gasteiger partial charge in [0.25, 0.3) is 0 Å². The predicted octanol–water partition coefficient (Wildman–Crippen LogP) is 3.67. The second-order valence-corrected chi connectivity index (χ2v) is 7.02. The van der Waals surface area contributed by atoms with Gasteiger partial charge in [0, 0.05) is 0 Å². The fraction of sp³-hybridized carbons (Fsp3) is 0.160. The predicted molar refractivity (Wildman–Crippen MR) is 123 cm³/mol. The molecule has 0 radical (unpaired) electrons. The third-order valence-electron chi connectivity index (χ3n) is 4.71. The van der Waals surface area contributed by atoms with Gasteiger partial charge in [-0.05, 0) is 59.2 Å². The van der Waals surface area contributed by atoms with E-state index >= 15 is 0 Å². The lowest BCUT2D eigenvalue weighted by Gasteiger charge is -2.11. The summed E-state index contributed by atoms with van der Waals surface area (Å²) in [6.07, 6.45) is 1.72. The molecule has 0 spiro atoms. The van der Waals surface area contributed by atoms with Crippen molar-refractivity contribution in [3.8, 4) is 17.2 Å². The van der Waals surface area contributed by atoms with Crippen LogP contribution in [0.15, 0.2) is 71.8 Å². The molecule has 0 aliphatic heterocycles. The Kier molecular flexibility index (Phi) is 8.02. The van der Waals surface area contributed by atoms with Crippen LogP contribution in [0.25, 0.3) is 0 Å². The van der Waals surface area contributed by atoms with Crippen LogP contribution in [-0.2, 0) is 17.8 Å². The van der Waals surface area contributed by atoms with Crippen molar-refractivity contribution < 1.29 is 28.9 Å². The van der Waals surface area contributed by atoms with E-state index in [2.05, 4.69) is 10.5 Å². The van der Waals surface area contributed by atoms with E-state index in [1.54, 1.807) is 49.6 Å². The molecule has 1 amide bonds. The Hall–Kier alpha value is -4.33. The highest BCUT2D eigenvalue weighted by Crippen LogP contribution is 2.28. The molecule has 3 rings (SSSR count). The number of rotatable bonds is 10. The van der Waals surface area contributed by atoms with Gasteiger partial charge in [0.15, 0.2) is 11.5 Å². The van der Waals surface area contributed by atoms with Crippen molar-refractivity contribution in [2.75, 3.05) is 14.2 Å². The minimum absolute atomic E-state index is 0.199. The summed E-state index contributed by atoms with van der Waals surface area (Å²) < 4.78 is 16.3. The number of carbonyl (C=O) groups is 2. The topological polar surface area (TPSA) is 106 Å². The van der Waals surface area contributed by atoms with E-state index in [0.717, 1.165) is 22.4 Å². The van der Waals surface area contributed by atoms with Crippen LogP contribution in [0.2, 0.25) is 0 Å². The number of carbonyl (C=O) groups excluding carboxylic acids is 1. The van der Waals surface area contributed by atoms with Crippen LogP contribution in [0, 0.1) is 0 Å². The molecule has 33 heavy (non-hydrogen) atoms. The van der Waals surface area contributed by atoms with Crippen molar-refractivity contribution in [3.63, 3.8) is 0 Å². The van der Waals surface area contributed by atoms with Crippen molar-refractivity contribution in [3.05, 3.63) is 89.0 Å². The highest BCUT2D eigenvalue weighted by Gasteiger charge is 2.07. The zero-order valence-electron chi connectivity index (χ0n) is 18.3. The van der Waals surface area contributed by atoms with E-state index in [9.17, 15) is 9.59 Å². The van der Waals surface area contributed by atoms with Crippen LogP contribution < -0.4 is 19.6 Å². The normalized spacial score (nSPS) is 10.6. The van der Waals surface area contributed by atoms with Gasteiger partial charge in [-0.1, -0.05) is 24.3 Å². The number of nitrogens with one attached hydrogen (secondary N) is 1. The molecular weight excluding hydrogens is 424 g/mol. The van der Waals surface area contributed by atoms with E-state index in [1.807, 2.05) is 12.1 Å². The number of amides is 1. The monoisotopic (exact) mass is 448 g/mol. The molecule has 8 heteroatoms. The SMILES string of the molecule is COc1ccc(CC(=O)N/N=C\c2ccc(OCc3ccc(C(=O)O)cc3)c(OC)c2)cc1. The van der Waals surface area contributed by atoms with E-state index in [-0.39, 0.29) is 24.5 Å². The number of hydrazone groups is 1. The maximum absolute atomic E-state index is 12.1. The minimum Gasteiger partial charge on any atom is -0.497 e. The number of ether oxygens (including phenoxy) is 3. The lowest BCUT2D eigenvalue weighted by molar-refractivity contribution is -0.120. The van der Waals surface area contributed by atoms with Crippen molar-refractivity contribution in [1.82, 2.24) is 5.43 Å². The first kappa shape index (κ1) is 23.3. The van der Waals surface area contributed by atoms with Crippen LogP contribution in [0.5, 0.6) is 17.2 Å². The van der Waals surface area contributed by atoms with Gasteiger partial charge >= 0.3 is 5.97 Å². The van der Waals surface area contributed by atoms with Gasteiger partial charge in [-0.25, -0.2) is 10.2 Å². The number of carboxylic acid groups (broad SMARTS) is 1. The number of carboxylic acids is 1. The zero-order chi connectivity index (χ0) is 23.6. The summed E-state index contributed by atoms with van der Waals surface area (Å²) in [6.45, 7) is 0.255. The Balaban J connectivity index is 1.55. The Morgan fingerprint density at radius 1 is 0.909 bits per heavy atom. The molecule has 170 valence electrons. The summed E-state index contributed by atoms with van der Waals surface area (Å²) in [6, 6.07) is 19.0. The molecule has 8 nitrogen and oxygen atoms in total. The van der Waals surface area contributed by atoms with Gasteiger partial charge in [0.05, 0.1) is 32.4 Å². The fourth-order valence-corrected chi connectivity index (χ4v) is 2.94. The van der Waals surface area contributed by atoms with Gasteiger partial charge in [0.1, 0.15) is 12.4 Å². The zero-order valence-corrected chi connectivity index (χ0v) is 18.3. The highest BCUT2D eigenvalue weighted by atomic mass is 16.5. The van der Waals surface area contributed by atoms with Crippen LogP contribution in [0.3, 0.4) is 0 Å².